The van der Waals surface area contributed by atoms with Crippen molar-refractivity contribution in [2.75, 3.05) is 7.11 Å². The van der Waals surface area contributed by atoms with Crippen molar-refractivity contribution in [3.8, 4) is 11.4 Å². The summed E-state index contributed by atoms with van der Waals surface area (Å²) in [7, 11) is 1.68. The van der Waals surface area contributed by atoms with E-state index in [0.29, 0.717) is 0 Å². The molecule has 0 spiro atoms. The number of para-hydroxylation sites is 2. The van der Waals surface area contributed by atoms with Gasteiger partial charge in [-0.05, 0) is 43.7 Å². The van der Waals surface area contributed by atoms with Gasteiger partial charge in [-0.25, -0.2) is 4.98 Å². The van der Waals surface area contributed by atoms with Crippen LogP contribution in [-0.2, 0) is 0 Å². The molecule has 3 nitrogen and oxygen atoms in total. The molecule has 0 amide bonds. The van der Waals surface area contributed by atoms with Crippen molar-refractivity contribution in [1.29, 1.82) is 0 Å². The molecule has 1 aromatic heterocycles. The number of hydrogen-bond donors (Lipinski definition) is 0. The van der Waals surface area contributed by atoms with Gasteiger partial charge in [0.05, 0.1) is 29.2 Å². The number of imidazole rings is 1. The van der Waals surface area contributed by atoms with Crippen molar-refractivity contribution >= 4 is 22.6 Å². The lowest BCUT2D eigenvalue weighted by Crippen LogP contribution is -2.04. The van der Waals surface area contributed by atoms with E-state index in [4.69, 9.17) is 16.3 Å². The fraction of sp³-hybridized carbons (Fsp3) is 0.235. The first-order chi connectivity index (χ1) is 10.1. The quantitative estimate of drug-likeness (QED) is 0.659. The zero-order chi connectivity index (χ0) is 15.0. The molecule has 0 aliphatic carbocycles. The van der Waals surface area contributed by atoms with Gasteiger partial charge in [-0.2, -0.15) is 0 Å². The first-order valence-corrected chi connectivity index (χ1v) is 7.32. The van der Waals surface area contributed by atoms with Crippen molar-refractivity contribution < 1.29 is 4.74 Å². The minimum absolute atomic E-state index is 0.192. The topological polar surface area (TPSA) is 27.1 Å². The monoisotopic (exact) mass is 300 g/mol. The van der Waals surface area contributed by atoms with Crippen LogP contribution in [0.2, 0.25) is 0 Å². The largest absolute Gasteiger partial charge is 0.495 e. The number of aryl methyl sites for hydroxylation is 1. The van der Waals surface area contributed by atoms with Crippen LogP contribution in [0.25, 0.3) is 16.7 Å². The Bertz CT molecular complexity index is 793. The Kier molecular flexibility index (Phi) is 3.60. The molecule has 0 saturated carbocycles. The molecule has 0 fully saturated rings. The second kappa shape index (κ2) is 5.41. The molecule has 3 aromatic rings. The predicted octanol–water partition coefficient (Wildman–Crippen LogP) is 4.64. The third-order valence-electron chi connectivity index (χ3n) is 3.52. The van der Waals surface area contributed by atoms with Crippen LogP contribution in [0, 0.1) is 6.92 Å². The normalized spacial score (nSPS) is 12.6. The second-order valence-electron chi connectivity index (χ2n) is 5.09. The number of benzene rings is 2. The minimum Gasteiger partial charge on any atom is -0.495 e. The maximum absolute atomic E-state index is 6.34. The van der Waals surface area contributed by atoms with Crippen molar-refractivity contribution in [2.45, 2.75) is 19.2 Å². The molecule has 0 saturated heterocycles. The summed E-state index contributed by atoms with van der Waals surface area (Å²) in [6.07, 6.45) is 0. The summed E-state index contributed by atoms with van der Waals surface area (Å²) in [5.74, 6) is 1.63. The van der Waals surface area contributed by atoms with Gasteiger partial charge < -0.3 is 4.74 Å². The van der Waals surface area contributed by atoms with Crippen LogP contribution in [0.1, 0.15) is 23.7 Å². The zero-order valence-electron chi connectivity index (χ0n) is 12.3. The summed E-state index contributed by atoms with van der Waals surface area (Å²) in [6, 6.07) is 14.1. The van der Waals surface area contributed by atoms with Crippen LogP contribution in [0.5, 0.6) is 5.75 Å². The van der Waals surface area contributed by atoms with E-state index in [2.05, 4.69) is 22.5 Å². The Labute approximate surface area is 129 Å². The van der Waals surface area contributed by atoms with Crippen LogP contribution in [0.15, 0.2) is 42.5 Å². The van der Waals surface area contributed by atoms with Gasteiger partial charge in [-0.15, -0.1) is 11.6 Å². The highest BCUT2D eigenvalue weighted by Crippen LogP contribution is 2.32. The van der Waals surface area contributed by atoms with E-state index in [1.54, 1.807) is 7.11 Å². The van der Waals surface area contributed by atoms with E-state index in [-0.39, 0.29) is 5.38 Å². The molecule has 0 aliphatic heterocycles. The van der Waals surface area contributed by atoms with E-state index in [9.17, 15) is 0 Å². The van der Waals surface area contributed by atoms with Crippen molar-refractivity contribution in [3.05, 3.63) is 53.9 Å². The summed E-state index contributed by atoms with van der Waals surface area (Å²) in [5, 5.41) is -0.192. The predicted molar refractivity (Wildman–Crippen MR) is 86.6 cm³/mol. The second-order valence-corrected chi connectivity index (χ2v) is 5.74. The summed E-state index contributed by atoms with van der Waals surface area (Å²) >= 11 is 6.34. The van der Waals surface area contributed by atoms with Gasteiger partial charge in [0, 0.05) is 0 Å². The maximum atomic E-state index is 6.34. The molecule has 1 heterocycles. The van der Waals surface area contributed by atoms with Gasteiger partial charge in [-0.1, -0.05) is 18.2 Å². The van der Waals surface area contributed by atoms with Crippen molar-refractivity contribution in [3.63, 3.8) is 0 Å². The highest BCUT2D eigenvalue weighted by molar-refractivity contribution is 6.20. The Balaban J connectivity index is 2.38. The molecule has 1 atom stereocenters. The molecule has 2 aromatic carbocycles. The van der Waals surface area contributed by atoms with Crippen LogP contribution in [0.4, 0.5) is 0 Å². The molecular formula is C17H17ClN2O. The number of fused-ring (bicyclic) bond motifs is 1. The number of methoxy groups -OCH3 is 1. The van der Waals surface area contributed by atoms with E-state index < -0.39 is 0 Å². The van der Waals surface area contributed by atoms with Gasteiger partial charge in [-0.3, -0.25) is 4.57 Å². The number of halogens is 1. The Morgan fingerprint density at radius 1 is 1.19 bits per heavy atom. The number of alkyl halides is 1. The summed E-state index contributed by atoms with van der Waals surface area (Å²) < 4.78 is 7.60. The van der Waals surface area contributed by atoms with E-state index in [1.165, 1.54) is 0 Å². The molecule has 1 unspecified atom stereocenters. The SMILES string of the molecule is COc1ccc(C)cc1-n1c(C(C)Cl)nc2ccccc21. The van der Waals surface area contributed by atoms with Crippen LogP contribution in [0.3, 0.4) is 0 Å². The molecule has 3 rings (SSSR count). The molecule has 0 aliphatic rings. The van der Waals surface area contributed by atoms with Crippen LogP contribution < -0.4 is 4.74 Å². The summed E-state index contributed by atoms with van der Waals surface area (Å²) in [5.41, 5.74) is 4.10. The first-order valence-electron chi connectivity index (χ1n) is 6.88. The van der Waals surface area contributed by atoms with Crippen LogP contribution in [-0.4, -0.2) is 16.7 Å². The standard InChI is InChI=1S/C17H17ClN2O/c1-11-8-9-16(21-3)15(10-11)20-14-7-5-4-6-13(14)19-17(20)12(2)18/h4-10,12H,1-3H3. The van der Waals surface area contributed by atoms with Gasteiger partial charge in [0.1, 0.15) is 11.6 Å². The maximum Gasteiger partial charge on any atom is 0.142 e. The highest BCUT2D eigenvalue weighted by atomic mass is 35.5. The van der Waals surface area contributed by atoms with Crippen molar-refractivity contribution in [1.82, 2.24) is 9.55 Å². The third-order valence-corrected chi connectivity index (χ3v) is 3.71. The number of nitrogens with zero attached hydrogens (tertiary/aromatic N) is 2. The lowest BCUT2D eigenvalue weighted by molar-refractivity contribution is 0.412. The molecular weight excluding hydrogens is 284 g/mol. The average molecular weight is 301 g/mol. The van der Waals surface area contributed by atoms with Gasteiger partial charge in [0.25, 0.3) is 0 Å². The molecule has 0 radical (unpaired) electrons. The van der Waals surface area contributed by atoms with Crippen LogP contribution >= 0.6 is 11.6 Å². The Hall–Kier alpha value is -2.00. The number of aromatic nitrogens is 2. The fourth-order valence-electron chi connectivity index (χ4n) is 2.54. The van der Waals surface area contributed by atoms with Gasteiger partial charge >= 0.3 is 0 Å². The Morgan fingerprint density at radius 3 is 2.67 bits per heavy atom. The molecule has 0 N–H and O–H groups in total. The average Bonchev–Trinajstić information content (AvgIpc) is 2.86. The minimum atomic E-state index is -0.192. The molecule has 0 bridgehead atoms. The van der Waals surface area contributed by atoms with Crippen molar-refractivity contribution in [2.24, 2.45) is 0 Å². The lowest BCUT2D eigenvalue weighted by atomic mass is 10.2. The number of ether oxygens (including phenoxy) is 1. The van der Waals surface area contributed by atoms with Gasteiger partial charge in [0.2, 0.25) is 0 Å². The Morgan fingerprint density at radius 2 is 1.95 bits per heavy atom. The molecule has 108 valence electrons. The summed E-state index contributed by atoms with van der Waals surface area (Å²) in [6.45, 7) is 3.99. The van der Waals surface area contributed by atoms with Gasteiger partial charge in [0.15, 0.2) is 0 Å². The number of rotatable bonds is 3. The highest BCUT2D eigenvalue weighted by Gasteiger charge is 2.18. The van der Waals surface area contributed by atoms with E-state index >= 15 is 0 Å². The summed E-state index contributed by atoms with van der Waals surface area (Å²) in [4.78, 5) is 4.67. The lowest BCUT2D eigenvalue weighted by Gasteiger charge is -2.15. The molecule has 21 heavy (non-hydrogen) atoms. The van der Waals surface area contributed by atoms with E-state index in [1.807, 2.05) is 43.3 Å². The molecule has 4 heteroatoms. The fourth-order valence-corrected chi connectivity index (χ4v) is 2.69. The third kappa shape index (κ3) is 2.38. The smallest absolute Gasteiger partial charge is 0.142 e. The first kappa shape index (κ1) is 14.0. The zero-order valence-corrected chi connectivity index (χ0v) is 13.1. The van der Waals surface area contributed by atoms with E-state index in [0.717, 1.165) is 33.9 Å². The number of hydrogen-bond acceptors (Lipinski definition) is 2.